The molecule has 2 fully saturated rings. The summed E-state index contributed by atoms with van der Waals surface area (Å²) in [5.41, 5.74) is 1.34. The number of hydrogen-bond donors (Lipinski definition) is 2. The Morgan fingerprint density at radius 2 is 2.17 bits per heavy atom. The molecule has 0 amide bonds. The van der Waals surface area contributed by atoms with E-state index in [9.17, 15) is 0 Å². The Morgan fingerprint density at radius 3 is 2.88 bits per heavy atom. The minimum Gasteiger partial charge on any atom is -0.371 e. The molecule has 1 aromatic carbocycles. The van der Waals surface area contributed by atoms with Gasteiger partial charge in [0.2, 0.25) is 0 Å². The molecule has 2 N–H and O–H groups in total. The summed E-state index contributed by atoms with van der Waals surface area (Å²) in [6.45, 7) is 6.63. The summed E-state index contributed by atoms with van der Waals surface area (Å²) >= 11 is 2.09. The molecule has 0 saturated carbocycles. The molecule has 2 unspecified atom stereocenters. The molecule has 2 atom stereocenters. The van der Waals surface area contributed by atoms with E-state index < -0.39 is 0 Å². The molecule has 0 radical (unpaired) electrons. The normalized spacial score (nSPS) is 27.5. The first-order valence-corrected chi connectivity index (χ1v) is 10.1. The molecule has 5 heteroatoms. The number of benzene rings is 1. The lowest BCUT2D eigenvalue weighted by atomic mass is 10.1. The van der Waals surface area contributed by atoms with E-state index in [-0.39, 0.29) is 0 Å². The second-order valence-corrected chi connectivity index (χ2v) is 8.83. The number of thioether (sulfide) groups is 1. The van der Waals surface area contributed by atoms with Crippen molar-refractivity contribution < 1.29 is 0 Å². The number of guanidine groups is 1. The number of hydrogen-bond acceptors (Lipinski definition) is 3. The van der Waals surface area contributed by atoms with Crippen molar-refractivity contribution >= 4 is 23.4 Å². The molecule has 2 aliphatic heterocycles. The summed E-state index contributed by atoms with van der Waals surface area (Å²) in [5, 5.41) is 7.05. The zero-order valence-corrected chi connectivity index (χ0v) is 15.7. The largest absolute Gasteiger partial charge is 0.371 e. The number of aliphatic imine (C=N–C) groups is 1. The number of nitrogens with zero attached hydrogens (tertiary/aromatic N) is 2. The van der Waals surface area contributed by atoms with Crippen molar-refractivity contribution in [1.29, 1.82) is 0 Å². The van der Waals surface area contributed by atoms with Gasteiger partial charge in [-0.25, -0.2) is 0 Å². The summed E-state index contributed by atoms with van der Waals surface area (Å²) < 4.78 is 0.370. The van der Waals surface area contributed by atoms with Crippen molar-refractivity contribution in [2.75, 3.05) is 43.9 Å². The van der Waals surface area contributed by atoms with Crippen LogP contribution >= 0.6 is 11.8 Å². The van der Waals surface area contributed by atoms with Crippen LogP contribution in [0.4, 0.5) is 5.69 Å². The van der Waals surface area contributed by atoms with Crippen molar-refractivity contribution in [3.8, 4) is 0 Å². The van der Waals surface area contributed by atoms with Gasteiger partial charge in [0.15, 0.2) is 5.96 Å². The minimum atomic E-state index is 0.370. The van der Waals surface area contributed by atoms with Crippen LogP contribution in [-0.4, -0.2) is 49.7 Å². The van der Waals surface area contributed by atoms with Gasteiger partial charge in [-0.1, -0.05) is 18.2 Å². The van der Waals surface area contributed by atoms with Crippen LogP contribution in [0, 0.1) is 5.92 Å². The Kier molecular flexibility index (Phi) is 5.93. The van der Waals surface area contributed by atoms with Gasteiger partial charge in [-0.3, -0.25) is 4.99 Å². The third kappa shape index (κ3) is 4.59. The third-order valence-electron chi connectivity index (χ3n) is 5.12. The average Bonchev–Trinajstić information content (AvgIpc) is 3.26. The first kappa shape index (κ1) is 17.5. The summed E-state index contributed by atoms with van der Waals surface area (Å²) in [6.07, 6.45) is 3.88. The smallest absolute Gasteiger partial charge is 0.191 e. The molecule has 0 aromatic heterocycles. The Hall–Kier alpha value is -1.36. The molecule has 2 saturated heterocycles. The molecule has 3 rings (SSSR count). The van der Waals surface area contributed by atoms with E-state index in [1.165, 1.54) is 30.7 Å². The van der Waals surface area contributed by atoms with E-state index >= 15 is 0 Å². The predicted molar refractivity (Wildman–Crippen MR) is 106 cm³/mol. The molecule has 2 aliphatic rings. The van der Waals surface area contributed by atoms with Gasteiger partial charge < -0.3 is 15.5 Å². The Bertz CT molecular complexity index is 540. The molecule has 1 aromatic rings. The van der Waals surface area contributed by atoms with E-state index in [1.54, 1.807) is 0 Å². The molecule has 24 heavy (non-hydrogen) atoms. The minimum absolute atomic E-state index is 0.370. The lowest BCUT2D eigenvalue weighted by Crippen LogP contribution is -2.45. The van der Waals surface area contributed by atoms with Crippen molar-refractivity contribution in [3.63, 3.8) is 0 Å². The highest BCUT2D eigenvalue weighted by atomic mass is 32.2. The zero-order chi connectivity index (χ0) is 16.8. The van der Waals surface area contributed by atoms with Gasteiger partial charge in [-0.05, 0) is 50.0 Å². The lowest BCUT2D eigenvalue weighted by molar-refractivity contribution is 0.553. The number of nitrogens with one attached hydrogen (secondary N) is 2. The van der Waals surface area contributed by atoms with Crippen LogP contribution < -0.4 is 15.5 Å². The fraction of sp³-hybridized carbons (Fsp3) is 0.632. The van der Waals surface area contributed by atoms with Crippen molar-refractivity contribution in [3.05, 3.63) is 30.3 Å². The van der Waals surface area contributed by atoms with E-state index in [0.29, 0.717) is 10.7 Å². The average molecular weight is 347 g/mol. The van der Waals surface area contributed by atoms with Crippen LogP contribution in [0.5, 0.6) is 0 Å². The maximum atomic E-state index is 4.39. The van der Waals surface area contributed by atoms with E-state index in [0.717, 1.165) is 32.1 Å². The van der Waals surface area contributed by atoms with E-state index in [2.05, 4.69) is 69.5 Å². The molecule has 2 heterocycles. The van der Waals surface area contributed by atoms with Crippen LogP contribution in [0.15, 0.2) is 35.3 Å². The van der Waals surface area contributed by atoms with E-state index in [1.807, 2.05) is 7.05 Å². The fourth-order valence-electron chi connectivity index (χ4n) is 3.58. The van der Waals surface area contributed by atoms with Crippen LogP contribution in [0.3, 0.4) is 0 Å². The molecule has 0 bridgehead atoms. The van der Waals surface area contributed by atoms with E-state index in [4.69, 9.17) is 0 Å². The standard InChI is InChI=1S/C19H30N4S/c1-19(10-6-12-24-19)15-22-18(20-2)21-13-16-9-11-23(14-16)17-7-4-3-5-8-17/h3-5,7-8,16H,6,9-15H2,1-2H3,(H2,20,21,22). The highest BCUT2D eigenvalue weighted by Gasteiger charge is 2.29. The van der Waals surface area contributed by atoms with Crippen molar-refractivity contribution in [2.45, 2.75) is 30.9 Å². The summed E-state index contributed by atoms with van der Waals surface area (Å²) in [4.78, 5) is 6.87. The van der Waals surface area contributed by atoms with Crippen LogP contribution in [0.25, 0.3) is 0 Å². The van der Waals surface area contributed by atoms with Gasteiger partial charge in [0, 0.05) is 43.7 Å². The number of rotatable bonds is 5. The first-order chi connectivity index (χ1) is 11.7. The van der Waals surface area contributed by atoms with Crippen molar-refractivity contribution in [2.24, 2.45) is 10.9 Å². The summed E-state index contributed by atoms with van der Waals surface area (Å²) in [7, 11) is 1.87. The van der Waals surface area contributed by atoms with Gasteiger partial charge in [0.1, 0.15) is 0 Å². The predicted octanol–water partition coefficient (Wildman–Crippen LogP) is 2.96. The van der Waals surface area contributed by atoms with Crippen LogP contribution in [-0.2, 0) is 0 Å². The Morgan fingerprint density at radius 1 is 1.33 bits per heavy atom. The fourth-order valence-corrected chi connectivity index (χ4v) is 4.83. The highest BCUT2D eigenvalue weighted by molar-refractivity contribution is 8.00. The van der Waals surface area contributed by atoms with Crippen LogP contribution in [0.2, 0.25) is 0 Å². The second-order valence-electron chi connectivity index (χ2n) is 7.14. The topological polar surface area (TPSA) is 39.7 Å². The molecular formula is C19H30N4S. The van der Waals surface area contributed by atoms with Gasteiger partial charge in [-0.15, -0.1) is 0 Å². The quantitative estimate of drug-likeness (QED) is 0.635. The maximum Gasteiger partial charge on any atom is 0.191 e. The third-order valence-corrected chi connectivity index (χ3v) is 6.66. The molecule has 0 spiro atoms. The summed E-state index contributed by atoms with van der Waals surface area (Å²) in [5.74, 6) is 2.92. The number of anilines is 1. The first-order valence-electron chi connectivity index (χ1n) is 9.07. The lowest BCUT2D eigenvalue weighted by Gasteiger charge is -2.25. The molecule has 4 nitrogen and oxygen atoms in total. The van der Waals surface area contributed by atoms with Gasteiger partial charge >= 0.3 is 0 Å². The van der Waals surface area contributed by atoms with Gasteiger partial charge in [0.25, 0.3) is 0 Å². The van der Waals surface area contributed by atoms with Gasteiger partial charge in [0.05, 0.1) is 0 Å². The highest BCUT2D eigenvalue weighted by Crippen LogP contribution is 2.36. The monoisotopic (exact) mass is 346 g/mol. The zero-order valence-electron chi connectivity index (χ0n) is 14.9. The number of para-hydroxylation sites is 1. The molecular weight excluding hydrogens is 316 g/mol. The SMILES string of the molecule is CN=C(NCC1CCN(c2ccccc2)C1)NCC1(C)CCCS1. The molecule has 0 aliphatic carbocycles. The molecule has 132 valence electrons. The Balaban J connectivity index is 1.41. The van der Waals surface area contributed by atoms with Crippen LogP contribution in [0.1, 0.15) is 26.2 Å². The van der Waals surface area contributed by atoms with Gasteiger partial charge in [-0.2, -0.15) is 11.8 Å². The second kappa shape index (κ2) is 8.15. The maximum absolute atomic E-state index is 4.39. The summed E-state index contributed by atoms with van der Waals surface area (Å²) in [6, 6.07) is 10.7. The Labute approximate surface area is 150 Å². The van der Waals surface area contributed by atoms with Crippen molar-refractivity contribution in [1.82, 2.24) is 10.6 Å².